The summed E-state index contributed by atoms with van der Waals surface area (Å²) in [5.74, 6) is -1.18. The molecule has 1 aromatic heterocycles. The van der Waals surface area contributed by atoms with Gasteiger partial charge in [0.2, 0.25) is 0 Å². The number of carbonyl (C=O) groups excluding carboxylic acids is 1. The lowest BCUT2D eigenvalue weighted by atomic mass is 9.90. The molecule has 0 aliphatic heterocycles. The number of nitrogens with zero attached hydrogens (tertiary/aromatic N) is 2. The standard InChI is InChI=1S/C21H28FN7O/c1-25-11-13-15(23)6-5-9-16(13)27-20-12(19(24)30)10-14(22)21(29-20)28-18-8-4-3-7-17(18)26-2/h5-6,9-11,17-18,26H,3-4,7-8,23H2,1-2H3,(H2,24,30)(H2,27,28,29)/t17-,18+/m0/s1. The molecule has 1 fully saturated rings. The molecule has 1 saturated carbocycles. The van der Waals surface area contributed by atoms with E-state index in [1.807, 2.05) is 7.05 Å². The van der Waals surface area contributed by atoms with E-state index in [-0.39, 0.29) is 29.3 Å². The molecule has 7 N–H and O–H groups in total. The van der Waals surface area contributed by atoms with Gasteiger partial charge < -0.3 is 27.4 Å². The molecule has 30 heavy (non-hydrogen) atoms. The third kappa shape index (κ3) is 4.68. The first-order valence-electron chi connectivity index (χ1n) is 9.96. The summed E-state index contributed by atoms with van der Waals surface area (Å²) in [6.07, 6.45) is 5.70. The highest BCUT2D eigenvalue weighted by molar-refractivity contribution is 6.00. The average Bonchev–Trinajstić information content (AvgIpc) is 2.73. The van der Waals surface area contributed by atoms with E-state index in [0.717, 1.165) is 31.7 Å². The Balaban J connectivity index is 1.98. The number of aliphatic imine (C=N–C) groups is 1. The molecule has 0 unspecified atom stereocenters. The van der Waals surface area contributed by atoms with Crippen LogP contribution in [0.1, 0.15) is 41.6 Å². The van der Waals surface area contributed by atoms with Gasteiger partial charge in [0.1, 0.15) is 5.82 Å². The number of nitrogens with one attached hydrogen (secondary N) is 3. The Kier molecular flexibility index (Phi) is 6.83. The second-order valence-electron chi connectivity index (χ2n) is 7.33. The van der Waals surface area contributed by atoms with Gasteiger partial charge in [0.15, 0.2) is 11.6 Å². The fourth-order valence-electron chi connectivity index (χ4n) is 3.79. The number of hydrogen-bond donors (Lipinski definition) is 5. The van der Waals surface area contributed by atoms with E-state index in [1.165, 1.54) is 0 Å². The summed E-state index contributed by atoms with van der Waals surface area (Å²) < 4.78 is 14.8. The maximum Gasteiger partial charge on any atom is 0.252 e. The van der Waals surface area contributed by atoms with Gasteiger partial charge in [-0.1, -0.05) is 18.9 Å². The summed E-state index contributed by atoms with van der Waals surface area (Å²) in [6.45, 7) is 0. The molecule has 1 aromatic carbocycles. The lowest BCUT2D eigenvalue weighted by molar-refractivity contribution is 0.100. The minimum atomic E-state index is -0.782. The zero-order valence-corrected chi connectivity index (χ0v) is 17.2. The monoisotopic (exact) mass is 413 g/mol. The van der Waals surface area contributed by atoms with Gasteiger partial charge in [0.25, 0.3) is 5.91 Å². The summed E-state index contributed by atoms with van der Waals surface area (Å²) in [4.78, 5) is 20.3. The number of aromatic nitrogens is 1. The highest BCUT2D eigenvalue weighted by Crippen LogP contribution is 2.29. The summed E-state index contributed by atoms with van der Waals surface area (Å²) in [7, 11) is 3.53. The van der Waals surface area contributed by atoms with E-state index in [4.69, 9.17) is 11.5 Å². The maximum atomic E-state index is 14.8. The molecule has 2 atom stereocenters. The zero-order chi connectivity index (χ0) is 21.7. The SMILES string of the molecule is CN=Cc1c(N)cccc1Nc1nc(N[C@@H]2CCCC[C@@H]2NC)c(F)cc1C(N)=O. The van der Waals surface area contributed by atoms with Crippen LogP contribution >= 0.6 is 0 Å². The van der Waals surface area contributed by atoms with Gasteiger partial charge in [-0.05, 0) is 38.1 Å². The van der Waals surface area contributed by atoms with Crippen molar-refractivity contribution in [1.82, 2.24) is 10.3 Å². The van der Waals surface area contributed by atoms with E-state index >= 15 is 0 Å². The minimum Gasteiger partial charge on any atom is -0.398 e. The minimum absolute atomic E-state index is 0.0354. The number of rotatable bonds is 7. The van der Waals surface area contributed by atoms with Crippen molar-refractivity contribution in [3.05, 3.63) is 41.2 Å². The van der Waals surface area contributed by atoms with Gasteiger partial charge in [-0.25, -0.2) is 9.37 Å². The van der Waals surface area contributed by atoms with Crippen molar-refractivity contribution >= 4 is 35.1 Å². The normalized spacial score (nSPS) is 19.0. The van der Waals surface area contributed by atoms with Gasteiger partial charge in [0, 0.05) is 36.6 Å². The molecule has 3 rings (SSSR count). The first-order chi connectivity index (χ1) is 14.4. The number of pyridine rings is 1. The van der Waals surface area contributed by atoms with Gasteiger partial charge in [-0.2, -0.15) is 0 Å². The van der Waals surface area contributed by atoms with Gasteiger partial charge in [-0.15, -0.1) is 0 Å². The maximum absolute atomic E-state index is 14.8. The number of halogens is 1. The number of nitrogen functional groups attached to an aromatic ring is 1. The second-order valence-corrected chi connectivity index (χ2v) is 7.33. The van der Waals surface area contributed by atoms with Gasteiger partial charge in [0.05, 0.1) is 11.3 Å². The van der Waals surface area contributed by atoms with Crippen molar-refractivity contribution in [1.29, 1.82) is 0 Å². The molecule has 2 aromatic rings. The molecule has 0 bridgehead atoms. The Labute approximate surface area is 175 Å². The molecule has 1 aliphatic rings. The molecule has 1 heterocycles. The largest absolute Gasteiger partial charge is 0.398 e. The fourth-order valence-corrected chi connectivity index (χ4v) is 3.79. The van der Waals surface area contributed by atoms with Crippen molar-refractivity contribution in [2.45, 2.75) is 37.8 Å². The molecule has 0 spiro atoms. The van der Waals surface area contributed by atoms with Crippen molar-refractivity contribution in [2.24, 2.45) is 10.7 Å². The van der Waals surface area contributed by atoms with E-state index in [1.54, 1.807) is 31.5 Å². The highest BCUT2D eigenvalue weighted by Gasteiger charge is 2.26. The van der Waals surface area contributed by atoms with Crippen LogP contribution in [0.3, 0.4) is 0 Å². The van der Waals surface area contributed by atoms with Crippen molar-refractivity contribution in [3.8, 4) is 0 Å². The number of likely N-dealkylation sites (N-methyl/N-ethyl adjacent to an activating group) is 1. The fraction of sp³-hybridized carbons (Fsp3) is 0.381. The molecule has 9 heteroatoms. The lowest BCUT2D eigenvalue weighted by Crippen LogP contribution is -2.45. The number of carbonyl (C=O) groups is 1. The third-order valence-electron chi connectivity index (χ3n) is 5.35. The summed E-state index contributed by atoms with van der Waals surface area (Å²) in [5.41, 5.74) is 13.2. The van der Waals surface area contributed by atoms with Crippen LogP contribution in [0.15, 0.2) is 29.3 Å². The van der Waals surface area contributed by atoms with Crippen molar-refractivity contribution < 1.29 is 9.18 Å². The number of primary amides is 1. The molecular formula is C21H28FN7O. The quantitative estimate of drug-likeness (QED) is 0.350. The van der Waals surface area contributed by atoms with Gasteiger partial charge >= 0.3 is 0 Å². The van der Waals surface area contributed by atoms with E-state index < -0.39 is 11.7 Å². The Morgan fingerprint density at radius 1 is 1.27 bits per heavy atom. The first-order valence-corrected chi connectivity index (χ1v) is 9.96. The predicted molar refractivity (Wildman–Crippen MR) is 119 cm³/mol. The molecule has 1 amide bonds. The first kappa shape index (κ1) is 21.5. The number of amides is 1. The summed E-state index contributed by atoms with van der Waals surface area (Å²) in [5, 5.41) is 9.55. The smallest absolute Gasteiger partial charge is 0.252 e. The Bertz CT molecular complexity index is 947. The van der Waals surface area contributed by atoms with Crippen LogP contribution in [0.4, 0.5) is 27.4 Å². The van der Waals surface area contributed by atoms with Crippen LogP contribution < -0.4 is 27.4 Å². The van der Waals surface area contributed by atoms with Crippen LogP contribution in [0.2, 0.25) is 0 Å². The third-order valence-corrected chi connectivity index (χ3v) is 5.35. The van der Waals surface area contributed by atoms with Crippen LogP contribution in [-0.2, 0) is 0 Å². The molecular weight excluding hydrogens is 385 g/mol. The molecule has 8 nitrogen and oxygen atoms in total. The van der Waals surface area contributed by atoms with Gasteiger partial charge in [-0.3, -0.25) is 9.79 Å². The number of hydrogen-bond acceptors (Lipinski definition) is 7. The van der Waals surface area contributed by atoms with Crippen LogP contribution in [0.5, 0.6) is 0 Å². The lowest BCUT2D eigenvalue weighted by Gasteiger charge is -2.32. The molecule has 0 radical (unpaired) electrons. The average molecular weight is 414 g/mol. The predicted octanol–water partition coefficient (Wildman–Crippen LogP) is 2.64. The Morgan fingerprint density at radius 3 is 2.67 bits per heavy atom. The van der Waals surface area contributed by atoms with E-state index in [0.29, 0.717) is 16.9 Å². The number of anilines is 4. The number of nitrogens with two attached hydrogens (primary N) is 2. The number of benzene rings is 1. The van der Waals surface area contributed by atoms with Crippen molar-refractivity contribution in [2.75, 3.05) is 30.5 Å². The summed E-state index contributed by atoms with van der Waals surface area (Å²) in [6, 6.07) is 6.63. The molecule has 160 valence electrons. The van der Waals surface area contributed by atoms with E-state index in [2.05, 4.69) is 25.9 Å². The molecule has 1 aliphatic carbocycles. The highest BCUT2D eigenvalue weighted by atomic mass is 19.1. The van der Waals surface area contributed by atoms with Crippen molar-refractivity contribution in [3.63, 3.8) is 0 Å². The topological polar surface area (TPSA) is 130 Å². The van der Waals surface area contributed by atoms with Crippen LogP contribution in [0.25, 0.3) is 0 Å². The zero-order valence-electron chi connectivity index (χ0n) is 17.2. The Morgan fingerprint density at radius 2 is 2.00 bits per heavy atom. The Hall–Kier alpha value is -3.20. The second kappa shape index (κ2) is 9.53. The summed E-state index contributed by atoms with van der Waals surface area (Å²) >= 11 is 0. The van der Waals surface area contributed by atoms with E-state index in [9.17, 15) is 9.18 Å². The molecule has 0 saturated heterocycles. The van der Waals surface area contributed by atoms with Crippen LogP contribution in [-0.4, -0.2) is 43.3 Å². The van der Waals surface area contributed by atoms with Crippen LogP contribution in [0, 0.1) is 5.82 Å².